The van der Waals surface area contributed by atoms with E-state index in [9.17, 15) is 14.9 Å². The normalized spacial score (nSPS) is 10.2. The van der Waals surface area contributed by atoms with Crippen molar-refractivity contribution in [2.45, 2.75) is 6.92 Å². The third kappa shape index (κ3) is 3.00. The third-order valence-corrected chi connectivity index (χ3v) is 3.19. The lowest BCUT2D eigenvalue weighted by atomic mass is 10.1. The minimum atomic E-state index is -1.01. The smallest absolute Gasteiger partial charge is 0.335 e. The summed E-state index contributed by atoms with van der Waals surface area (Å²) in [5, 5.41) is 20.0. The van der Waals surface area contributed by atoms with Gasteiger partial charge < -0.3 is 10.0 Å². The molecule has 0 atom stereocenters. The Labute approximate surface area is 121 Å². The van der Waals surface area contributed by atoms with Crippen LogP contribution in [0.25, 0.3) is 0 Å². The fourth-order valence-corrected chi connectivity index (χ4v) is 2.02. The summed E-state index contributed by atoms with van der Waals surface area (Å²) >= 11 is 0. The van der Waals surface area contributed by atoms with Crippen LogP contribution in [-0.2, 0) is 0 Å². The molecule has 0 heterocycles. The number of aryl methyl sites for hydroxylation is 1. The highest BCUT2D eigenvalue weighted by atomic mass is 16.6. The third-order valence-electron chi connectivity index (χ3n) is 3.19. The monoisotopic (exact) mass is 286 g/mol. The highest BCUT2D eigenvalue weighted by molar-refractivity contribution is 5.88. The molecule has 0 saturated carbocycles. The molecule has 0 aromatic heterocycles. The van der Waals surface area contributed by atoms with Gasteiger partial charge in [-0.3, -0.25) is 10.1 Å². The number of nitrogens with zero attached hydrogens (tertiary/aromatic N) is 2. The molecule has 2 rings (SSSR count). The Bertz CT molecular complexity index is 695. The molecule has 0 fully saturated rings. The van der Waals surface area contributed by atoms with Gasteiger partial charge in [0.15, 0.2) is 0 Å². The van der Waals surface area contributed by atoms with Crippen LogP contribution in [0.5, 0.6) is 0 Å². The zero-order valence-corrected chi connectivity index (χ0v) is 11.6. The van der Waals surface area contributed by atoms with Crippen molar-refractivity contribution in [3.05, 3.63) is 63.7 Å². The molecule has 6 nitrogen and oxygen atoms in total. The summed E-state index contributed by atoms with van der Waals surface area (Å²) in [6.45, 7) is 1.86. The van der Waals surface area contributed by atoms with E-state index in [0.29, 0.717) is 11.4 Å². The van der Waals surface area contributed by atoms with Crippen LogP contribution in [0.3, 0.4) is 0 Å². The number of hydrogen-bond donors (Lipinski definition) is 1. The number of anilines is 2. The van der Waals surface area contributed by atoms with E-state index in [-0.39, 0.29) is 11.3 Å². The van der Waals surface area contributed by atoms with Crippen LogP contribution < -0.4 is 4.90 Å². The van der Waals surface area contributed by atoms with Crippen LogP contribution in [0.15, 0.2) is 42.5 Å². The molecule has 2 aromatic carbocycles. The molecule has 0 spiro atoms. The summed E-state index contributed by atoms with van der Waals surface area (Å²) in [5.74, 6) is -1.01. The molecule has 0 aliphatic heterocycles. The first-order chi connectivity index (χ1) is 9.90. The number of carboxylic acid groups (broad SMARTS) is 1. The molecule has 6 heteroatoms. The highest BCUT2D eigenvalue weighted by Crippen LogP contribution is 2.33. The van der Waals surface area contributed by atoms with Gasteiger partial charge in [0.25, 0.3) is 5.69 Å². The van der Waals surface area contributed by atoms with Gasteiger partial charge in [0, 0.05) is 18.8 Å². The van der Waals surface area contributed by atoms with E-state index in [1.807, 2.05) is 6.92 Å². The van der Waals surface area contributed by atoms with Crippen LogP contribution in [0, 0.1) is 17.0 Å². The average Bonchev–Trinajstić information content (AvgIpc) is 2.46. The molecule has 0 unspecified atom stereocenters. The lowest BCUT2D eigenvalue weighted by molar-refractivity contribution is -0.384. The van der Waals surface area contributed by atoms with Gasteiger partial charge in [0.05, 0.1) is 10.5 Å². The van der Waals surface area contributed by atoms with Gasteiger partial charge in [-0.05, 0) is 42.8 Å². The maximum Gasteiger partial charge on any atom is 0.335 e. The topological polar surface area (TPSA) is 83.7 Å². The molecule has 21 heavy (non-hydrogen) atoms. The van der Waals surface area contributed by atoms with E-state index >= 15 is 0 Å². The number of aromatic carboxylic acids is 1. The van der Waals surface area contributed by atoms with Crippen molar-refractivity contribution >= 4 is 23.0 Å². The van der Waals surface area contributed by atoms with E-state index in [0.717, 1.165) is 5.56 Å². The summed E-state index contributed by atoms with van der Waals surface area (Å²) in [6, 6.07) is 11.1. The highest BCUT2D eigenvalue weighted by Gasteiger charge is 2.18. The summed E-state index contributed by atoms with van der Waals surface area (Å²) < 4.78 is 0. The molecule has 0 bridgehead atoms. The van der Waals surface area contributed by atoms with Gasteiger partial charge in [-0.15, -0.1) is 0 Å². The predicted molar refractivity (Wildman–Crippen MR) is 79.3 cm³/mol. The fraction of sp³-hybridized carbons (Fsp3) is 0.133. The molecular formula is C15H14N2O4. The number of hydrogen-bond acceptors (Lipinski definition) is 4. The summed E-state index contributed by atoms with van der Waals surface area (Å²) in [7, 11) is 1.71. The van der Waals surface area contributed by atoms with Crippen LogP contribution in [-0.4, -0.2) is 23.0 Å². The first-order valence-corrected chi connectivity index (χ1v) is 6.22. The average molecular weight is 286 g/mol. The Morgan fingerprint density at radius 3 is 2.33 bits per heavy atom. The van der Waals surface area contributed by atoms with Crippen molar-refractivity contribution in [1.82, 2.24) is 0 Å². The SMILES string of the molecule is Cc1ccc([N+](=O)[O-])c(N(C)c2ccc(C(=O)O)cc2)c1. The second-order valence-electron chi connectivity index (χ2n) is 4.66. The Morgan fingerprint density at radius 1 is 1.19 bits per heavy atom. The van der Waals surface area contributed by atoms with E-state index in [1.165, 1.54) is 18.2 Å². The molecule has 1 N–H and O–H groups in total. The molecule has 0 saturated heterocycles. The first-order valence-electron chi connectivity index (χ1n) is 6.22. The Hall–Kier alpha value is -2.89. The molecule has 2 aromatic rings. The number of carboxylic acids is 1. The van der Waals surface area contributed by atoms with Gasteiger partial charge in [-0.1, -0.05) is 6.07 Å². The standard InChI is InChI=1S/C15H14N2O4/c1-10-3-8-13(17(20)21)14(9-10)16(2)12-6-4-11(5-7-12)15(18)19/h3-9H,1-2H3,(H,18,19). The molecule has 0 aliphatic rings. The molecule has 108 valence electrons. The van der Waals surface area contributed by atoms with Gasteiger partial charge in [-0.25, -0.2) is 4.79 Å². The Morgan fingerprint density at radius 2 is 1.81 bits per heavy atom. The van der Waals surface area contributed by atoms with Crippen molar-refractivity contribution in [2.75, 3.05) is 11.9 Å². The number of benzene rings is 2. The predicted octanol–water partition coefficient (Wildman–Crippen LogP) is 3.37. The maximum atomic E-state index is 11.1. The summed E-state index contributed by atoms with van der Waals surface area (Å²) in [5.41, 5.74) is 2.22. The first kappa shape index (κ1) is 14.5. The minimum absolute atomic E-state index is 0.00501. The van der Waals surface area contributed by atoms with Crippen LogP contribution >= 0.6 is 0 Å². The molecule has 0 aliphatic carbocycles. The van der Waals surface area contributed by atoms with Crippen molar-refractivity contribution in [2.24, 2.45) is 0 Å². The number of nitro groups is 1. The lowest BCUT2D eigenvalue weighted by Crippen LogP contribution is -2.12. The van der Waals surface area contributed by atoms with Gasteiger partial charge in [-0.2, -0.15) is 0 Å². The van der Waals surface area contributed by atoms with Crippen LogP contribution in [0.2, 0.25) is 0 Å². The van der Waals surface area contributed by atoms with Crippen LogP contribution in [0.4, 0.5) is 17.1 Å². The van der Waals surface area contributed by atoms with Gasteiger partial charge >= 0.3 is 5.97 Å². The summed E-state index contributed by atoms with van der Waals surface area (Å²) in [6.07, 6.45) is 0. The van der Waals surface area contributed by atoms with E-state index in [2.05, 4.69) is 0 Å². The largest absolute Gasteiger partial charge is 0.478 e. The summed E-state index contributed by atoms with van der Waals surface area (Å²) in [4.78, 5) is 23.2. The molecular weight excluding hydrogens is 272 g/mol. The van der Waals surface area contributed by atoms with E-state index in [4.69, 9.17) is 5.11 Å². The second kappa shape index (κ2) is 5.62. The lowest BCUT2D eigenvalue weighted by Gasteiger charge is -2.20. The zero-order valence-electron chi connectivity index (χ0n) is 11.6. The molecule has 0 amide bonds. The van der Waals surface area contributed by atoms with Crippen molar-refractivity contribution in [3.63, 3.8) is 0 Å². The van der Waals surface area contributed by atoms with Crippen molar-refractivity contribution < 1.29 is 14.8 Å². The Balaban J connectivity index is 2.44. The maximum absolute atomic E-state index is 11.1. The van der Waals surface area contributed by atoms with Crippen LogP contribution in [0.1, 0.15) is 15.9 Å². The quantitative estimate of drug-likeness (QED) is 0.688. The number of rotatable bonds is 4. The number of nitro benzene ring substituents is 1. The number of carbonyl (C=O) groups is 1. The second-order valence-corrected chi connectivity index (χ2v) is 4.66. The van der Waals surface area contributed by atoms with E-state index < -0.39 is 10.9 Å². The van der Waals surface area contributed by atoms with E-state index in [1.54, 1.807) is 36.2 Å². The van der Waals surface area contributed by atoms with Crippen molar-refractivity contribution in [1.29, 1.82) is 0 Å². The van der Waals surface area contributed by atoms with Gasteiger partial charge in [0.1, 0.15) is 5.69 Å². The Kier molecular flexibility index (Phi) is 3.89. The molecule has 0 radical (unpaired) electrons. The van der Waals surface area contributed by atoms with Crippen molar-refractivity contribution in [3.8, 4) is 0 Å². The zero-order chi connectivity index (χ0) is 15.6. The minimum Gasteiger partial charge on any atom is -0.478 e. The fourth-order valence-electron chi connectivity index (χ4n) is 2.02. The van der Waals surface area contributed by atoms with Gasteiger partial charge in [0.2, 0.25) is 0 Å².